The van der Waals surface area contributed by atoms with Gasteiger partial charge in [0.25, 0.3) is 0 Å². The molecule has 5 nitrogen and oxygen atoms in total. The highest BCUT2D eigenvalue weighted by Gasteiger charge is 2.15. The molecular weight excluding hydrogens is 280 g/mol. The van der Waals surface area contributed by atoms with Crippen molar-refractivity contribution in [3.8, 4) is 5.75 Å². The molecule has 0 amide bonds. The SMILES string of the molecule is Cc1cccc(S(=O)(=O)CCc2cc(=O)c(O)co2)c1. The molecule has 0 aliphatic carbocycles. The van der Waals surface area contributed by atoms with Crippen LogP contribution in [0.3, 0.4) is 0 Å². The molecular formula is C14H14O5S. The summed E-state index contributed by atoms with van der Waals surface area (Å²) in [5.74, 6) is -0.427. The molecule has 1 N–H and O–H groups in total. The lowest BCUT2D eigenvalue weighted by atomic mass is 10.2. The van der Waals surface area contributed by atoms with Crippen molar-refractivity contribution in [2.45, 2.75) is 18.2 Å². The van der Waals surface area contributed by atoms with Crippen LogP contribution >= 0.6 is 0 Å². The van der Waals surface area contributed by atoms with E-state index in [4.69, 9.17) is 9.52 Å². The van der Waals surface area contributed by atoms with Gasteiger partial charge in [0.15, 0.2) is 15.6 Å². The molecule has 106 valence electrons. The van der Waals surface area contributed by atoms with E-state index in [9.17, 15) is 13.2 Å². The Hall–Kier alpha value is -2.08. The van der Waals surface area contributed by atoms with Gasteiger partial charge in [0.1, 0.15) is 12.0 Å². The van der Waals surface area contributed by atoms with E-state index in [1.54, 1.807) is 12.1 Å². The van der Waals surface area contributed by atoms with E-state index in [2.05, 4.69) is 0 Å². The third-order valence-corrected chi connectivity index (χ3v) is 4.55. The number of aryl methyl sites for hydroxylation is 2. The molecule has 0 radical (unpaired) electrons. The predicted octanol–water partition coefficient (Wildman–Crippen LogP) is 1.67. The molecule has 1 aromatic carbocycles. The highest BCUT2D eigenvalue weighted by molar-refractivity contribution is 7.91. The summed E-state index contributed by atoms with van der Waals surface area (Å²) in [5.41, 5.74) is 0.279. The first-order valence-electron chi connectivity index (χ1n) is 5.98. The predicted molar refractivity (Wildman–Crippen MR) is 73.6 cm³/mol. The van der Waals surface area contributed by atoms with E-state index in [1.165, 1.54) is 6.07 Å². The Kier molecular flexibility index (Phi) is 3.94. The largest absolute Gasteiger partial charge is 0.502 e. The number of sulfone groups is 1. The number of aromatic hydroxyl groups is 1. The number of hydrogen-bond donors (Lipinski definition) is 1. The minimum absolute atomic E-state index is 0.0752. The summed E-state index contributed by atoms with van der Waals surface area (Å²) in [6.07, 6.45) is 0.989. The summed E-state index contributed by atoms with van der Waals surface area (Å²) in [5, 5.41) is 9.06. The monoisotopic (exact) mass is 294 g/mol. The topological polar surface area (TPSA) is 84.6 Å². The smallest absolute Gasteiger partial charge is 0.226 e. The van der Waals surface area contributed by atoms with E-state index in [-0.39, 0.29) is 22.8 Å². The fraction of sp³-hybridized carbons (Fsp3) is 0.214. The van der Waals surface area contributed by atoms with Gasteiger partial charge in [0, 0.05) is 12.5 Å². The van der Waals surface area contributed by atoms with Crippen LogP contribution in [0.2, 0.25) is 0 Å². The molecule has 0 unspecified atom stereocenters. The molecule has 0 saturated heterocycles. The zero-order chi connectivity index (χ0) is 14.8. The van der Waals surface area contributed by atoms with Crippen LogP contribution in [0, 0.1) is 6.92 Å². The van der Waals surface area contributed by atoms with Crippen LogP contribution in [-0.2, 0) is 16.3 Å². The van der Waals surface area contributed by atoms with Gasteiger partial charge in [-0.15, -0.1) is 0 Å². The molecule has 0 saturated carbocycles. The Morgan fingerprint density at radius 3 is 2.65 bits per heavy atom. The van der Waals surface area contributed by atoms with Crippen LogP contribution < -0.4 is 5.43 Å². The van der Waals surface area contributed by atoms with Gasteiger partial charge in [-0.05, 0) is 24.6 Å². The average Bonchev–Trinajstić information content (AvgIpc) is 2.40. The fourth-order valence-electron chi connectivity index (χ4n) is 1.74. The van der Waals surface area contributed by atoms with E-state index in [0.29, 0.717) is 0 Å². The van der Waals surface area contributed by atoms with Gasteiger partial charge >= 0.3 is 0 Å². The van der Waals surface area contributed by atoms with Gasteiger partial charge < -0.3 is 9.52 Å². The van der Waals surface area contributed by atoms with Gasteiger partial charge in [-0.2, -0.15) is 0 Å². The average molecular weight is 294 g/mol. The van der Waals surface area contributed by atoms with Crippen molar-refractivity contribution in [1.82, 2.24) is 0 Å². The van der Waals surface area contributed by atoms with E-state index in [0.717, 1.165) is 17.9 Å². The maximum Gasteiger partial charge on any atom is 0.226 e. The summed E-state index contributed by atoms with van der Waals surface area (Å²) < 4.78 is 29.3. The molecule has 0 aliphatic heterocycles. The van der Waals surface area contributed by atoms with Crippen molar-refractivity contribution in [2.24, 2.45) is 0 Å². The Morgan fingerprint density at radius 1 is 1.25 bits per heavy atom. The number of benzene rings is 1. The van der Waals surface area contributed by atoms with E-state index < -0.39 is 21.0 Å². The van der Waals surface area contributed by atoms with Gasteiger partial charge in [-0.3, -0.25) is 4.79 Å². The first-order chi connectivity index (χ1) is 9.38. The van der Waals surface area contributed by atoms with Crippen molar-refractivity contribution in [2.75, 3.05) is 5.75 Å². The Balaban J connectivity index is 2.17. The lowest BCUT2D eigenvalue weighted by Gasteiger charge is -2.05. The Labute approximate surface area is 116 Å². The molecule has 0 aliphatic rings. The first-order valence-corrected chi connectivity index (χ1v) is 7.64. The van der Waals surface area contributed by atoms with Crippen LogP contribution in [0.25, 0.3) is 0 Å². The van der Waals surface area contributed by atoms with Crippen molar-refractivity contribution in [1.29, 1.82) is 0 Å². The van der Waals surface area contributed by atoms with E-state index in [1.807, 2.05) is 13.0 Å². The molecule has 1 aromatic heterocycles. The summed E-state index contributed by atoms with van der Waals surface area (Å²) in [7, 11) is -3.43. The maximum atomic E-state index is 12.1. The van der Waals surface area contributed by atoms with Crippen molar-refractivity contribution >= 4 is 9.84 Å². The second-order valence-electron chi connectivity index (χ2n) is 4.48. The van der Waals surface area contributed by atoms with Crippen molar-refractivity contribution < 1.29 is 17.9 Å². The molecule has 2 rings (SSSR count). The highest BCUT2D eigenvalue weighted by atomic mass is 32.2. The molecule has 0 atom stereocenters. The summed E-state index contributed by atoms with van der Waals surface area (Å²) >= 11 is 0. The zero-order valence-electron chi connectivity index (χ0n) is 10.9. The molecule has 20 heavy (non-hydrogen) atoms. The highest BCUT2D eigenvalue weighted by Crippen LogP contribution is 2.14. The first kappa shape index (κ1) is 14.3. The van der Waals surface area contributed by atoms with Crippen LogP contribution in [0.15, 0.2) is 50.7 Å². The van der Waals surface area contributed by atoms with Crippen LogP contribution in [0.1, 0.15) is 11.3 Å². The Morgan fingerprint density at radius 2 is 2.00 bits per heavy atom. The van der Waals surface area contributed by atoms with Crippen LogP contribution in [-0.4, -0.2) is 19.3 Å². The van der Waals surface area contributed by atoms with E-state index >= 15 is 0 Å². The normalized spacial score (nSPS) is 11.4. The number of rotatable bonds is 4. The van der Waals surface area contributed by atoms with Crippen molar-refractivity contribution in [3.05, 3.63) is 58.1 Å². The van der Waals surface area contributed by atoms with Gasteiger partial charge in [0.05, 0.1) is 10.6 Å². The van der Waals surface area contributed by atoms with Gasteiger partial charge in [0.2, 0.25) is 5.43 Å². The van der Waals surface area contributed by atoms with Gasteiger partial charge in [-0.25, -0.2) is 8.42 Å². The molecule has 2 aromatic rings. The molecule has 0 bridgehead atoms. The third kappa shape index (κ3) is 3.27. The third-order valence-electron chi connectivity index (χ3n) is 2.83. The van der Waals surface area contributed by atoms with Gasteiger partial charge in [-0.1, -0.05) is 12.1 Å². The maximum absolute atomic E-state index is 12.1. The number of hydrogen-bond acceptors (Lipinski definition) is 5. The lowest BCUT2D eigenvalue weighted by Crippen LogP contribution is -2.10. The minimum atomic E-state index is -3.43. The minimum Gasteiger partial charge on any atom is -0.502 e. The summed E-state index contributed by atoms with van der Waals surface area (Å²) in [4.78, 5) is 11.5. The van der Waals surface area contributed by atoms with Crippen LogP contribution in [0.5, 0.6) is 5.75 Å². The molecule has 1 heterocycles. The summed E-state index contributed by atoms with van der Waals surface area (Å²) in [6.45, 7) is 1.82. The fourth-order valence-corrected chi connectivity index (χ4v) is 3.09. The Bertz CT molecular complexity index is 774. The molecule has 0 spiro atoms. The molecule has 0 fully saturated rings. The summed E-state index contributed by atoms with van der Waals surface area (Å²) in [6, 6.07) is 7.74. The second kappa shape index (κ2) is 5.50. The molecule has 6 heteroatoms. The zero-order valence-corrected chi connectivity index (χ0v) is 11.7. The van der Waals surface area contributed by atoms with Crippen LogP contribution in [0.4, 0.5) is 0 Å². The lowest BCUT2D eigenvalue weighted by molar-refractivity contribution is 0.415. The quantitative estimate of drug-likeness (QED) is 0.927. The van der Waals surface area contributed by atoms with Crippen molar-refractivity contribution in [3.63, 3.8) is 0 Å². The standard InChI is InChI=1S/C14H14O5S/c1-10-3-2-4-12(7-10)20(17,18)6-5-11-8-13(15)14(16)9-19-11/h2-4,7-9,16H,5-6H2,1H3. The second-order valence-corrected chi connectivity index (χ2v) is 6.59.